The van der Waals surface area contributed by atoms with Crippen LogP contribution in [-0.2, 0) is 4.79 Å². The molecule has 2 rings (SSSR count). The third-order valence-corrected chi connectivity index (χ3v) is 3.23. The van der Waals surface area contributed by atoms with Crippen LogP contribution < -0.4 is 11.1 Å². The first kappa shape index (κ1) is 13.8. The molecule has 3 N–H and O–H groups in total. The van der Waals surface area contributed by atoms with Crippen LogP contribution in [0.2, 0.25) is 0 Å². The van der Waals surface area contributed by atoms with Gasteiger partial charge in [0.1, 0.15) is 11.7 Å². The van der Waals surface area contributed by atoms with Crippen molar-refractivity contribution in [2.75, 3.05) is 18.8 Å². The second-order valence-electron chi connectivity index (χ2n) is 4.50. The predicted molar refractivity (Wildman–Crippen MR) is 71.0 cm³/mol. The molecule has 0 saturated carbocycles. The smallest absolute Gasteiger partial charge is 0.292 e. The van der Waals surface area contributed by atoms with Gasteiger partial charge >= 0.3 is 0 Å². The van der Waals surface area contributed by atoms with Gasteiger partial charge in [0.15, 0.2) is 0 Å². The van der Waals surface area contributed by atoms with E-state index in [-0.39, 0.29) is 28.8 Å². The highest BCUT2D eigenvalue weighted by atomic mass is 16.6. The van der Waals surface area contributed by atoms with Crippen molar-refractivity contribution in [2.24, 2.45) is 0 Å². The molecule has 0 aromatic heterocycles. The van der Waals surface area contributed by atoms with Crippen LogP contribution in [0.4, 0.5) is 11.4 Å². The third kappa shape index (κ3) is 2.40. The zero-order chi connectivity index (χ0) is 14.9. The molecule has 2 amide bonds. The first-order chi connectivity index (χ1) is 9.41. The average molecular weight is 278 g/mol. The van der Waals surface area contributed by atoms with Crippen LogP contribution in [0.15, 0.2) is 18.2 Å². The monoisotopic (exact) mass is 278 g/mol. The number of hydrogen-bond acceptors (Lipinski definition) is 5. The van der Waals surface area contributed by atoms with Gasteiger partial charge in [0.05, 0.1) is 4.92 Å². The van der Waals surface area contributed by atoms with E-state index in [0.717, 1.165) is 0 Å². The maximum Gasteiger partial charge on any atom is 0.292 e. The highest BCUT2D eigenvalue weighted by molar-refractivity contribution is 5.99. The lowest BCUT2D eigenvalue weighted by Crippen LogP contribution is -2.55. The Kier molecular flexibility index (Phi) is 3.55. The SMILES string of the molecule is CC1C(=O)NCCN1C(=O)c1ccc([N+](=O)[O-])c(N)c1. The van der Waals surface area contributed by atoms with Crippen molar-refractivity contribution in [3.63, 3.8) is 0 Å². The van der Waals surface area contributed by atoms with Crippen LogP contribution in [0.3, 0.4) is 0 Å². The first-order valence-electron chi connectivity index (χ1n) is 6.04. The topological polar surface area (TPSA) is 119 Å². The van der Waals surface area contributed by atoms with Gasteiger partial charge in [-0.2, -0.15) is 0 Å². The normalized spacial score (nSPS) is 18.6. The van der Waals surface area contributed by atoms with Gasteiger partial charge < -0.3 is 16.0 Å². The summed E-state index contributed by atoms with van der Waals surface area (Å²) in [7, 11) is 0. The van der Waals surface area contributed by atoms with Crippen molar-refractivity contribution in [3.05, 3.63) is 33.9 Å². The number of nitrogens with zero attached hydrogens (tertiary/aromatic N) is 2. The lowest BCUT2D eigenvalue weighted by atomic mass is 10.1. The molecule has 0 radical (unpaired) electrons. The molecule has 1 heterocycles. The van der Waals surface area contributed by atoms with Gasteiger partial charge in [0.2, 0.25) is 5.91 Å². The van der Waals surface area contributed by atoms with E-state index in [1.807, 2.05) is 0 Å². The Bertz CT molecular complexity index is 587. The number of nitrogen functional groups attached to an aromatic ring is 1. The molecule has 0 bridgehead atoms. The molecule has 1 aliphatic rings. The Labute approximate surface area is 114 Å². The van der Waals surface area contributed by atoms with Crippen LogP contribution >= 0.6 is 0 Å². The Morgan fingerprint density at radius 1 is 1.55 bits per heavy atom. The molecule has 20 heavy (non-hydrogen) atoms. The quantitative estimate of drug-likeness (QED) is 0.453. The summed E-state index contributed by atoms with van der Waals surface area (Å²) in [6.07, 6.45) is 0. The van der Waals surface area contributed by atoms with E-state index < -0.39 is 11.0 Å². The van der Waals surface area contributed by atoms with Gasteiger partial charge in [0, 0.05) is 24.7 Å². The Morgan fingerprint density at radius 2 is 2.25 bits per heavy atom. The number of benzene rings is 1. The van der Waals surface area contributed by atoms with E-state index in [1.54, 1.807) is 6.92 Å². The molecule has 1 aromatic carbocycles. The minimum atomic E-state index is -0.611. The van der Waals surface area contributed by atoms with Crippen molar-refractivity contribution in [1.82, 2.24) is 10.2 Å². The number of nitro benzene ring substituents is 1. The maximum atomic E-state index is 12.3. The van der Waals surface area contributed by atoms with E-state index in [2.05, 4.69) is 5.32 Å². The number of rotatable bonds is 2. The van der Waals surface area contributed by atoms with Crippen LogP contribution in [-0.4, -0.2) is 40.8 Å². The standard InChI is InChI=1S/C12H14N4O4/c1-7-11(17)14-4-5-15(7)12(18)8-2-3-10(16(19)20)9(13)6-8/h2-3,6-7H,4-5,13H2,1H3,(H,14,17). The fourth-order valence-corrected chi connectivity index (χ4v) is 2.08. The number of carbonyl (C=O) groups excluding carboxylic acids is 2. The van der Waals surface area contributed by atoms with E-state index in [0.29, 0.717) is 13.1 Å². The average Bonchev–Trinajstić information content (AvgIpc) is 2.40. The number of nitrogens with one attached hydrogen (secondary N) is 1. The molecular weight excluding hydrogens is 264 g/mol. The predicted octanol–water partition coefficient (Wildman–Crippen LogP) is 0.138. The molecule has 0 spiro atoms. The number of nitrogens with two attached hydrogens (primary N) is 1. The molecule has 1 unspecified atom stereocenters. The van der Waals surface area contributed by atoms with Gasteiger partial charge in [0.25, 0.3) is 11.6 Å². The summed E-state index contributed by atoms with van der Waals surface area (Å²) in [6.45, 7) is 2.40. The number of hydrogen-bond donors (Lipinski definition) is 2. The largest absolute Gasteiger partial charge is 0.393 e. The fraction of sp³-hybridized carbons (Fsp3) is 0.333. The number of piperazine rings is 1. The summed E-state index contributed by atoms with van der Waals surface area (Å²) in [4.78, 5) is 35.3. The molecule has 0 aliphatic carbocycles. The maximum absolute atomic E-state index is 12.3. The zero-order valence-electron chi connectivity index (χ0n) is 10.8. The minimum Gasteiger partial charge on any atom is -0.393 e. The van der Waals surface area contributed by atoms with Crippen molar-refractivity contribution in [3.8, 4) is 0 Å². The Hall–Kier alpha value is -2.64. The highest BCUT2D eigenvalue weighted by Crippen LogP contribution is 2.23. The van der Waals surface area contributed by atoms with Gasteiger partial charge in [-0.05, 0) is 19.1 Å². The van der Waals surface area contributed by atoms with Crippen molar-refractivity contribution >= 4 is 23.2 Å². The second kappa shape index (κ2) is 5.16. The van der Waals surface area contributed by atoms with E-state index in [4.69, 9.17) is 5.73 Å². The summed E-state index contributed by atoms with van der Waals surface area (Å²) >= 11 is 0. The molecule has 1 aliphatic heterocycles. The summed E-state index contributed by atoms with van der Waals surface area (Å²) in [5.74, 6) is -0.589. The summed E-state index contributed by atoms with van der Waals surface area (Å²) < 4.78 is 0. The van der Waals surface area contributed by atoms with Crippen molar-refractivity contribution < 1.29 is 14.5 Å². The van der Waals surface area contributed by atoms with Crippen molar-refractivity contribution in [1.29, 1.82) is 0 Å². The van der Waals surface area contributed by atoms with E-state index in [1.165, 1.54) is 23.1 Å². The minimum absolute atomic E-state index is 0.0741. The molecule has 1 fully saturated rings. The third-order valence-electron chi connectivity index (χ3n) is 3.23. The molecule has 8 heteroatoms. The highest BCUT2D eigenvalue weighted by Gasteiger charge is 2.30. The second-order valence-corrected chi connectivity index (χ2v) is 4.50. The van der Waals surface area contributed by atoms with Gasteiger partial charge in [-0.15, -0.1) is 0 Å². The Balaban J connectivity index is 2.27. The molecule has 8 nitrogen and oxygen atoms in total. The molecule has 1 saturated heterocycles. The van der Waals surface area contributed by atoms with Gasteiger partial charge in [-0.3, -0.25) is 19.7 Å². The van der Waals surface area contributed by atoms with Crippen LogP contribution in [0.5, 0.6) is 0 Å². The first-order valence-corrected chi connectivity index (χ1v) is 6.04. The van der Waals surface area contributed by atoms with Crippen LogP contribution in [0, 0.1) is 10.1 Å². The number of carbonyl (C=O) groups is 2. The zero-order valence-corrected chi connectivity index (χ0v) is 10.8. The van der Waals surface area contributed by atoms with Crippen molar-refractivity contribution in [2.45, 2.75) is 13.0 Å². The number of nitro groups is 1. The fourth-order valence-electron chi connectivity index (χ4n) is 2.08. The summed E-state index contributed by atoms with van der Waals surface area (Å²) in [6, 6.07) is 3.22. The van der Waals surface area contributed by atoms with Gasteiger partial charge in [-0.1, -0.05) is 0 Å². The molecule has 106 valence electrons. The number of anilines is 1. The summed E-state index contributed by atoms with van der Waals surface area (Å²) in [5, 5.41) is 13.3. The van der Waals surface area contributed by atoms with Crippen LogP contribution in [0.25, 0.3) is 0 Å². The summed E-state index contributed by atoms with van der Waals surface area (Å²) in [5.41, 5.74) is 5.47. The molecular formula is C12H14N4O4. The lowest BCUT2D eigenvalue weighted by Gasteiger charge is -2.32. The number of amides is 2. The molecule has 1 aromatic rings. The molecule has 1 atom stereocenters. The van der Waals surface area contributed by atoms with Crippen LogP contribution in [0.1, 0.15) is 17.3 Å². The van der Waals surface area contributed by atoms with E-state index >= 15 is 0 Å². The lowest BCUT2D eigenvalue weighted by molar-refractivity contribution is -0.383. The Morgan fingerprint density at radius 3 is 2.85 bits per heavy atom. The van der Waals surface area contributed by atoms with E-state index in [9.17, 15) is 19.7 Å². The van der Waals surface area contributed by atoms with Gasteiger partial charge in [-0.25, -0.2) is 0 Å².